The summed E-state index contributed by atoms with van der Waals surface area (Å²) in [5.41, 5.74) is 1.59. The van der Waals surface area contributed by atoms with Gasteiger partial charge in [-0.15, -0.1) is 24.8 Å². The molecule has 2 N–H and O–H groups in total. The van der Waals surface area contributed by atoms with E-state index in [2.05, 4.69) is 15.5 Å². The van der Waals surface area contributed by atoms with Crippen molar-refractivity contribution in [1.82, 2.24) is 5.32 Å². The van der Waals surface area contributed by atoms with Crippen molar-refractivity contribution in [2.45, 2.75) is 0 Å². The molecule has 1 fully saturated rings. The minimum Gasteiger partial charge on any atom is -0.383 e. The van der Waals surface area contributed by atoms with Gasteiger partial charge in [-0.3, -0.25) is 4.79 Å². The lowest BCUT2D eigenvalue weighted by atomic mass is 10.2. The van der Waals surface area contributed by atoms with Gasteiger partial charge in [0.05, 0.1) is 42.8 Å². The molecule has 1 amide bonds. The normalized spacial score (nSPS) is 13.7. The topological polar surface area (TPSA) is 62.8 Å². The Hall–Kier alpha value is -0.760. The van der Waals surface area contributed by atoms with Crippen LogP contribution in [0.4, 0.5) is 11.4 Å². The maximum Gasteiger partial charge on any atom is 0.238 e. The predicted molar refractivity (Wildman–Crippen MR) is 102 cm³/mol. The monoisotopic (exact) mass is 399 g/mol. The van der Waals surface area contributed by atoms with Gasteiger partial charge in [-0.05, 0) is 12.1 Å². The number of carbonyl (C=O) groups is 1. The fourth-order valence-electron chi connectivity index (χ4n) is 2.30. The number of carbonyl (C=O) groups excluding carboxylic acids is 1. The van der Waals surface area contributed by atoms with Crippen molar-refractivity contribution in [3.05, 3.63) is 23.2 Å². The van der Waals surface area contributed by atoms with E-state index in [1.165, 1.54) is 0 Å². The maximum atomic E-state index is 12.0. The van der Waals surface area contributed by atoms with Crippen LogP contribution in [0.15, 0.2) is 18.2 Å². The van der Waals surface area contributed by atoms with Crippen LogP contribution < -0.4 is 15.5 Å². The van der Waals surface area contributed by atoms with E-state index >= 15 is 0 Å². The van der Waals surface area contributed by atoms with Gasteiger partial charge in [0, 0.05) is 26.7 Å². The van der Waals surface area contributed by atoms with Gasteiger partial charge in [-0.25, -0.2) is 0 Å². The number of hydrogen-bond donors (Lipinski definition) is 2. The summed E-state index contributed by atoms with van der Waals surface area (Å²) in [5.74, 6) is -0.104. The second kappa shape index (κ2) is 12.6. The van der Waals surface area contributed by atoms with Gasteiger partial charge in [-0.2, -0.15) is 0 Å². The Morgan fingerprint density at radius 1 is 1.33 bits per heavy atom. The van der Waals surface area contributed by atoms with Gasteiger partial charge in [0.1, 0.15) is 0 Å². The van der Waals surface area contributed by atoms with Gasteiger partial charge >= 0.3 is 0 Å². The zero-order chi connectivity index (χ0) is 15.8. The number of nitrogens with one attached hydrogen (secondary N) is 2. The molecule has 0 aromatic heterocycles. The summed E-state index contributed by atoms with van der Waals surface area (Å²) in [6, 6.07) is 5.53. The van der Waals surface area contributed by atoms with Gasteiger partial charge in [0.25, 0.3) is 0 Å². The average molecular weight is 401 g/mol. The first kappa shape index (κ1) is 23.2. The number of para-hydroxylation sites is 1. The number of anilines is 2. The van der Waals surface area contributed by atoms with E-state index in [1.807, 2.05) is 18.2 Å². The third-order valence-corrected chi connectivity index (χ3v) is 3.66. The van der Waals surface area contributed by atoms with Gasteiger partial charge in [0.15, 0.2) is 0 Å². The minimum absolute atomic E-state index is 0. The first-order chi connectivity index (χ1) is 10.7. The van der Waals surface area contributed by atoms with Crippen LogP contribution in [0.3, 0.4) is 0 Å². The number of benzene rings is 1. The van der Waals surface area contributed by atoms with E-state index in [-0.39, 0.29) is 37.3 Å². The number of methoxy groups -OCH3 is 1. The fourth-order valence-corrected chi connectivity index (χ4v) is 2.59. The summed E-state index contributed by atoms with van der Waals surface area (Å²) in [6.45, 7) is 4.30. The molecule has 0 unspecified atom stereocenters. The summed E-state index contributed by atoms with van der Waals surface area (Å²) in [7, 11) is 1.63. The molecule has 1 aromatic carbocycles. The Balaban J connectivity index is 0.00000264. The third kappa shape index (κ3) is 7.01. The third-order valence-electron chi connectivity index (χ3n) is 3.36. The Morgan fingerprint density at radius 2 is 2.04 bits per heavy atom. The maximum absolute atomic E-state index is 12.0. The van der Waals surface area contributed by atoms with E-state index < -0.39 is 0 Å². The molecule has 0 saturated carbocycles. The standard InChI is InChI=1S/C15H22ClN3O3.2ClH/c1-21-8-5-17-11-14(20)18-13-4-2-3-12(16)15(13)19-6-9-22-10-7-19;;/h2-4,17H,5-11H2,1H3,(H,18,20);2*1H. The number of hydrogen-bond acceptors (Lipinski definition) is 5. The summed E-state index contributed by atoms with van der Waals surface area (Å²) < 4.78 is 10.3. The zero-order valence-electron chi connectivity index (χ0n) is 13.5. The largest absolute Gasteiger partial charge is 0.383 e. The molecule has 2 rings (SSSR count). The molecule has 1 heterocycles. The molecule has 1 saturated heterocycles. The van der Waals surface area contributed by atoms with Crippen LogP contribution in [0, 0.1) is 0 Å². The number of rotatable bonds is 7. The van der Waals surface area contributed by atoms with Crippen molar-refractivity contribution < 1.29 is 14.3 Å². The smallest absolute Gasteiger partial charge is 0.238 e. The minimum atomic E-state index is -0.104. The summed E-state index contributed by atoms with van der Waals surface area (Å²) >= 11 is 6.33. The average Bonchev–Trinajstić information content (AvgIpc) is 2.53. The van der Waals surface area contributed by atoms with E-state index in [0.717, 1.165) is 24.5 Å². The Bertz CT molecular complexity index is 500. The zero-order valence-corrected chi connectivity index (χ0v) is 15.9. The SMILES string of the molecule is COCCNCC(=O)Nc1cccc(Cl)c1N1CCOCC1.Cl.Cl. The number of halogens is 3. The van der Waals surface area contributed by atoms with Crippen molar-refractivity contribution >= 4 is 53.7 Å². The van der Waals surface area contributed by atoms with Crippen LogP contribution in [0.2, 0.25) is 5.02 Å². The summed E-state index contributed by atoms with van der Waals surface area (Å²) in [6.07, 6.45) is 0. The van der Waals surface area contributed by atoms with Crippen molar-refractivity contribution in [1.29, 1.82) is 0 Å². The highest BCUT2D eigenvalue weighted by Gasteiger charge is 2.18. The molecule has 9 heteroatoms. The predicted octanol–water partition coefficient (Wildman–Crippen LogP) is 2.19. The molecule has 1 aliphatic rings. The summed E-state index contributed by atoms with van der Waals surface area (Å²) in [5, 5.41) is 6.56. The van der Waals surface area contributed by atoms with Gasteiger partial charge < -0.3 is 25.0 Å². The highest BCUT2D eigenvalue weighted by atomic mass is 35.5. The molecule has 0 bridgehead atoms. The number of morpholine rings is 1. The van der Waals surface area contributed by atoms with Crippen LogP contribution in [-0.2, 0) is 14.3 Å². The molecular formula is C15H24Cl3N3O3. The molecule has 0 aliphatic carbocycles. The van der Waals surface area contributed by atoms with Gasteiger partial charge in [-0.1, -0.05) is 17.7 Å². The first-order valence-corrected chi connectivity index (χ1v) is 7.71. The Labute approximate surface area is 160 Å². The van der Waals surface area contributed by atoms with Crippen LogP contribution in [0.1, 0.15) is 0 Å². The second-order valence-corrected chi connectivity index (χ2v) is 5.36. The van der Waals surface area contributed by atoms with Crippen LogP contribution in [0.5, 0.6) is 0 Å². The molecule has 0 radical (unpaired) electrons. The molecule has 1 aliphatic heterocycles. The number of nitrogens with zero attached hydrogens (tertiary/aromatic N) is 1. The van der Waals surface area contributed by atoms with E-state index in [0.29, 0.717) is 31.4 Å². The Kier molecular flexibility index (Phi) is 12.2. The molecular weight excluding hydrogens is 377 g/mol. The highest BCUT2D eigenvalue weighted by Crippen LogP contribution is 2.34. The van der Waals surface area contributed by atoms with Crippen molar-refractivity contribution in [3.63, 3.8) is 0 Å². The molecule has 0 atom stereocenters. The lowest BCUT2D eigenvalue weighted by Gasteiger charge is -2.31. The number of amides is 1. The second-order valence-electron chi connectivity index (χ2n) is 4.95. The lowest BCUT2D eigenvalue weighted by Crippen LogP contribution is -2.37. The van der Waals surface area contributed by atoms with Gasteiger partial charge in [0.2, 0.25) is 5.91 Å². The molecule has 1 aromatic rings. The van der Waals surface area contributed by atoms with E-state index in [4.69, 9.17) is 21.1 Å². The molecule has 138 valence electrons. The molecule has 24 heavy (non-hydrogen) atoms. The van der Waals surface area contributed by atoms with Crippen molar-refractivity contribution in [3.8, 4) is 0 Å². The lowest BCUT2D eigenvalue weighted by molar-refractivity contribution is -0.115. The van der Waals surface area contributed by atoms with Crippen LogP contribution >= 0.6 is 36.4 Å². The summed E-state index contributed by atoms with van der Waals surface area (Å²) in [4.78, 5) is 14.2. The van der Waals surface area contributed by atoms with Crippen LogP contribution in [-0.4, -0.2) is 59.0 Å². The van der Waals surface area contributed by atoms with Crippen LogP contribution in [0.25, 0.3) is 0 Å². The Morgan fingerprint density at radius 3 is 2.71 bits per heavy atom. The highest BCUT2D eigenvalue weighted by molar-refractivity contribution is 6.34. The van der Waals surface area contributed by atoms with Crippen molar-refractivity contribution in [2.24, 2.45) is 0 Å². The molecule has 6 nitrogen and oxygen atoms in total. The van der Waals surface area contributed by atoms with E-state index in [1.54, 1.807) is 7.11 Å². The molecule has 0 spiro atoms. The quantitative estimate of drug-likeness (QED) is 0.687. The number of ether oxygens (including phenoxy) is 2. The van der Waals surface area contributed by atoms with E-state index in [9.17, 15) is 4.79 Å². The van der Waals surface area contributed by atoms with Crippen molar-refractivity contribution in [2.75, 3.05) is 63.3 Å². The first-order valence-electron chi connectivity index (χ1n) is 7.33. The fraction of sp³-hybridized carbons (Fsp3) is 0.533.